The molecule has 6 aliphatic carbocycles. The van der Waals surface area contributed by atoms with Gasteiger partial charge in [-0.1, -0.05) is 255 Å². The van der Waals surface area contributed by atoms with Gasteiger partial charge in [-0.25, -0.2) is 0 Å². The number of benzene rings is 16. The second-order valence-corrected chi connectivity index (χ2v) is 30.4. The van der Waals surface area contributed by atoms with Crippen molar-refractivity contribution < 1.29 is 9.59 Å². The van der Waals surface area contributed by atoms with Crippen molar-refractivity contribution in [2.24, 2.45) is 0 Å². The van der Waals surface area contributed by atoms with Crippen LogP contribution < -0.4 is 19.6 Å². The van der Waals surface area contributed by atoms with Crippen molar-refractivity contribution in [1.82, 2.24) is 0 Å². The molecular weight excluding hydrogens is 1330 g/mol. The molecule has 8 aliphatic rings. The molecule has 0 radical (unpaired) electrons. The molecule has 2 unspecified atom stereocenters. The van der Waals surface area contributed by atoms with Gasteiger partial charge in [-0.2, -0.15) is 0 Å². The van der Waals surface area contributed by atoms with E-state index in [1.165, 1.54) is 66.8 Å². The smallest absolute Gasteiger partial charge is 0.193 e. The molecular formula is C103H64N4O2. The number of nitrogens with zero attached hydrogens (tertiary/aromatic N) is 4. The Morgan fingerprint density at radius 1 is 0.193 bits per heavy atom. The number of anilines is 10. The quantitative estimate of drug-likeness (QED) is 0.155. The first kappa shape index (κ1) is 60.3. The van der Waals surface area contributed by atoms with Gasteiger partial charge >= 0.3 is 0 Å². The molecule has 24 rings (SSSR count). The lowest BCUT2D eigenvalue weighted by Gasteiger charge is -2.39. The maximum absolute atomic E-state index is 16.3. The van der Waals surface area contributed by atoms with E-state index in [0.717, 1.165) is 124 Å². The van der Waals surface area contributed by atoms with Crippen LogP contribution in [-0.4, -0.2) is 25.7 Å². The lowest BCUT2D eigenvalue weighted by Crippen LogP contribution is -2.27. The molecule has 0 fully saturated rings. The maximum Gasteiger partial charge on any atom is 0.193 e. The molecule has 0 amide bonds. The lowest BCUT2D eigenvalue weighted by molar-refractivity contribution is 0.103. The van der Waals surface area contributed by atoms with Gasteiger partial charge < -0.3 is 19.6 Å². The molecule has 2 atom stereocenters. The SMILES string of the molecule is CN1c2ccccc2N(c2ccc3c(c2)C2(c4ccccc4-c4ccc(C(=O)c5ccc6c(c5)C5(c7ccccc7-6)c6ccccc6-c6ccc(C(=O)c7ccc8c(c7)C7(c9ccccc9-8)c8ccccc8-c8ccc(N9c%10ccccc%10N(C)c%10ccccc%109)cc87)cc65)cc42)c2ccccc2-3)c2ccccc21. The molecule has 3 spiro atoms. The minimum Gasteiger partial charge on any atom is -0.341 e. The fraction of sp³-hybridized carbons (Fsp3) is 0.0485. The highest BCUT2D eigenvalue weighted by Crippen LogP contribution is 2.68. The predicted octanol–water partition coefficient (Wildman–Crippen LogP) is 24.3. The zero-order chi connectivity index (χ0) is 71.9. The summed E-state index contributed by atoms with van der Waals surface area (Å²) in [5, 5.41) is 0. The molecule has 0 bridgehead atoms. The van der Waals surface area contributed by atoms with Gasteiger partial charge in [-0.05, 0) is 231 Å². The maximum atomic E-state index is 16.3. The van der Waals surface area contributed by atoms with Crippen molar-refractivity contribution in [3.63, 3.8) is 0 Å². The number of rotatable bonds is 6. The summed E-state index contributed by atoms with van der Waals surface area (Å²) in [5.74, 6) is -0.112. The van der Waals surface area contributed by atoms with Crippen molar-refractivity contribution in [3.8, 4) is 66.8 Å². The van der Waals surface area contributed by atoms with E-state index in [4.69, 9.17) is 0 Å². The Morgan fingerprint density at radius 2 is 0.376 bits per heavy atom. The second-order valence-electron chi connectivity index (χ2n) is 30.4. The Balaban J connectivity index is 0.643. The largest absolute Gasteiger partial charge is 0.341 e. The Hall–Kier alpha value is -13.9. The summed E-state index contributed by atoms with van der Waals surface area (Å²) in [6.07, 6.45) is 0. The summed E-state index contributed by atoms with van der Waals surface area (Å²) in [4.78, 5) is 42.0. The fourth-order valence-corrected chi connectivity index (χ4v) is 21.4. The molecule has 2 heterocycles. The van der Waals surface area contributed by atoms with E-state index in [9.17, 15) is 0 Å². The monoisotopic (exact) mass is 1390 g/mol. The van der Waals surface area contributed by atoms with Crippen LogP contribution in [0, 0.1) is 0 Å². The molecule has 6 heteroatoms. The molecule has 6 nitrogen and oxygen atoms in total. The van der Waals surface area contributed by atoms with Crippen LogP contribution in [0.15, 0.2) is 352 Å². The van der Waals surface area contributed by atoms with Crippen molar-refractivity contribution in [1.29, 1.82) is 0 Å². The zero-order valence-electron chi connectivity index (χ0n) is 59.6. The molecule has 0 saturated heterocycles. The Kier molecular flexibility index (Phi) is 12.0. The number of hydrogen-bond donors (Lipinski definition) is 0. The van der Waals surface area contributed by atoms with E-state index in [1.54, 1.807) is 0 Å². The molecule has 16 aromatic carbocycles. The third-order valence-corrected chi connectivity index (χ3v) is 25.7. The van der Waals surface area contributed by atoms with Crippen molar-refractivity contribution >= 4 is 68.4 Å². The average Bonchev–Trinajstić information content (AvgIpc) is 1.52. The highest BCUT2D eigenvalue weighted by Gasteiger charge is 2.56. The summed E-state index contributed by atoms with van der Waals surface area (Å²) in [6, 6.07) is 128. The van der Waals surface area contributed by atoms with Crippen molar-refractivity contribution in [3.05, 3.63) is 441 Å². The van der Waals surface area contributed by atoms with Crippen LogP contribution >= 0.6 is 0 Å². The van der Waals surface area contributed by atoms with Gasteiger partial charge in [0.25, 0.3) is 0 Å². The first-order valence-electron chi connectivity index (χ1n) is 37.7. The van der Waals surface area contributed by atoms with Gasteiger partial charge in [-0.15, -0.1) is 0 Å². The molecule has 0 saturated carbocycles. The number of carbonyl (C=O) groups is 2. The van der Waals surface area contributed by atoms with E-state index in [1.807, 2.05) is 12.1 Å². The van der Waals surface area contributed by atoms with Gasteiger partial charge in [0.2, 0.25) is 0 Å². The van der Waals surface area contributed by atoms with Crippen molar-refractivity contribution in [2.45, 2.75) is 16.2 Å². The molecule has 16 aromatic rings. The first-order chi connectivity index (χ1) is 53.7. The number of fused-ring (bicyclic) bond motifs is 34. The van der Waals surface area contributed by atoms with E-state index in [-0.39, 0.29) is 11.6 Å². The number of para-hydroxylation sites is 8. The average molecular weight is 1390 g/mol. The summed E-state index contributed by atoms with van der Waals surface area (Å²) < 4.78 is 0. The number of carbonyl (C=O) groups excluding carboxylic acids is 2. The third kappa shape index (κ3) is 7.50. The molecule has 109 heavy (non-hydrogen) atoms. The standard InChI is InChI=1S/C103H64N4O2/c1-104-91-35-15-19-39-95(91)106(96-40-20-16-36-92(96)104)65-47-53-77-71-27-7-13-33-83(71)102(89(77)59-65)81-31-11-5-25-69(81)75-51-45-63(57-87(75)102)99(108)61-43-49-73-67-23-3-9-29-79(67)101(85(73)55-61)80-30-10-4-24-68(80)74-50-44-62(56-86(74)101)100(109)64-46-52-76-70-26-6-12-32-82(70)103(88(76)58-64)84-34-14-8-28-72(84)78-54-48-66(60-90(78)103)107-97-41-21-17-37-93(97)105(2)94-38-18-22-42-98(94)107/h3-60H,1-2H3. The van der Waals surface area contributed by atoms with E-state index in [2.05, 4.69) is 373 Å². The third-order valence-electron chi connectivity index (χ3n) is 25.7. The first-order valence-corrected chi connectivity index (χ1v) is 37.7. The summed E-state index contributed by atoms with van der Waals surface area (Å²) in [6.45, 7) is 0. The van der Waals surface area contributed by atoms with Crippen LogP contribution in [0.2, 0.25) is 0 Å². The van der Waals surface area contributed by atoms with E-state index in [0.29, 0.717) is 22.3 Å². The summed E-state index contributed by atoms with van der Waals surface area (Å²) >= 11 is 0. The van der Waals surface area contributed by atoms with Gasteiger partial charge in [0.1, 0.15) is 0 Å². The topological polar surface area (TPSA) is 47.1 Å². The van der Waals surface area contributed by atoms with Gasteiger partial charge in [0.15, 0.2) is 11.6 Å². The van der Waals surface area contributed by atoms with Crippen LogP contribution in [0.1, 0.15) is 98.6 Å². The van der Waals surface area contributed by atoms with E-state index >= 15 is 9.59 Å². The Bertz CT molecular complexity index is 6310. The minimum atomic E-state index is -0.878. The lowest BCUT2D eigenvalue weighted by atomic mass is 9.69. The van der Waals surface area contributed by atoms with Crippen LogP contribution in [0.25, 0.3) is 66.8 Å². The Morgan fingerprint density at radius 3 is 0.615 bits per heavy atom. The Labute approximate surface area is 631 Å². The predicted molar refractivity (Wildman–Crippen MR) is 441 cm³/mol. The zero-order valence-corrected chi connectivity index (χ0v) is 59.6. The highest BCUT2D eigenvalue weighted by molar-refractivity contribution is 6.14. The van der Waals surface area contributed by atoms with Crippen LogP contribution in [0.5, 0.6) is 0 Å². The summed E-state index contributed by atoms with van der Waals surface area (Å²) in [7, 11) is 4.31. The normalized spacial score (nSPS) is 17.6. The summed E-state index contributed by atoms with van der Waals surface area (Å²) in [5.41, 5.74) is 38.5. The molecule has 0 aromatic heterocycles. The van der Waals surface area contributed by atoms with E-state index < -0.39 is 16.2 Å². The van der Waals surface area contributed by atoms with Crippen molar-refractivity contribution in [2.75, 3.05) is 33.7 Å². The van der Waals surface area contributed by atoms with Gasteiger partial charge in [0.05, 0.1) is 61.7 Å². The number of ketones is 2. The number of hydrogen-bond acceptors (Lipinski definition) is 6. The van der Waals surface area contributed by atoms with Crippen LogP contribution in [-0.2, 0) is 16.2 Å². The van der Waals surface area contributed by atoms with Crippen LogP contribution in [0.3, 0.4) is 0 Å². The van der Waals surface area contributed by atoms with Crippen LogP contribution in [0.4, 0.5) is 56.9 Å². The van der Waals surface area contributed by atoms with Gasteiger partial charge in [0, 0.05) is 47.7 Å². The molecule has 0 N–H and O–H groups in total. The highest BCUT2D eigenvalue weighted by atomic mass is 16.1. The fourth-order valence-electron chi connectivity index (χ4n) is 21.4. The second kappa shape index (κ2) is 21.6. The molecule has 508 valence electrons. The minimum absolute atomic E-state index is 0.0561. The molecule has 2 aliphatic heterocycles. The van der Waals surface area contributed by atoms with Gasteiger partial charge in [-0.3, -0.25) is 9.59 Å².